The lowest BCUT2D eigenvalue weighted by atomic mass is 9.92. The molecular formula is C57H60N10O7S. The summed E-state index contributed by atoms with van der Waals surface area (Å²) < 4.78 is 9.15. The van der Waals surface area contributed by atoms with Crippen molar-refractivity contribution in [1.29, 1.82) is 0 Å². The van der Waals surface area contributed by atoms with Crippen molar-refractivity contribution in [2.75, 3.05) is 74.1 Å². The van der Waals surface area contributed by atoms with E-state index in [1.165, 1.54) is 11.3 Å². The number of aromatic nitrogens is 4. The van der Waals surface area contributed by atoms with Crippen molar-refractivity contribution in [3.8, 4) is 16.9 Å². The van der Waals surface area contributed by atoms with Crippen molar-refractivity contribution in [3.63, 3.8) is 0 Å². The number of thiazole rings is 1. The lowest BCUT2D eigenvalue weighted by Gasteiger charge is -2.38. The second-order valence-electron chi connectivity index (χ2n) is 20.1. The Balaban J connectivity index is 0.640. The molecule has 7 heterocycles. The molecule has 386 valence electrons. The summed E-state index contributed by atoms with van der Waals surface area (Å²) in [4.78, 5) is 82.2. The molecule has 4 aliphatic rings. The highest BCUT2D eigenvalue weighted by atomic mass is 32.1. The van der Waals surface area contributed by atoms with Crippen LogP contribution in [0.2, 0.25) is 0 Å². The van der Waals surface area contributed by atoms with Gasteiger partial charge in [-0.25, -0.2) is 14.8 Å². The number of nitrogens with zero attached hydrogens (tertiary/aromatic N) is 8. The second kappa shape index (κ2) is 21.3. The lowest BCUT2D eigenvalue weighted by Crippen LogP contribution is -2.52. The number of fused-ring (bicyclic) bond motifs is 3. The molecule has 4 aromatic carbocycles. The lowest BCUT2D eigenvalue weighted by molar-refractivity contribution is -0.135. The number of piperazine rings is 1. The minimum absolute atomic E-state index is 0.0446. The number of aromatic carboxylic acids is 1. The van der Waals surface area contributed by atoms with Crippen LogP contribution in [0, 0.1) is 12.8 Å². The standard InChI is InChI=1S/C57H60N10O7S/c1-35-39(40-17-19-49(59-53(40)56(72)73)67-26-23-37-9-5-11-41(44(37)33-67)54(70)61-57-58-45-12-3-4-14-48(45)75-57)10-6-13-47(35)74-31-7-8-36-21-24-64(25-22-36)34-51(69)66-29-27-65(28-30-66)38-15-16-42-46(32-38)63(2)62-52(42)43-18-20-50(68)60-55(43)71/h3-6,9-17,19,32,36,43H,7-8,18,20-31,33-34H2,1-2H3,(H,72,73)(H,58,61,70)(H,60,68,71). The molecular weight excluding hydrogens is 969 g/mol. The van der Waals surface area contributed by atoms with Crippen LogP contribution in [0.15, 0.2) is 91.0 Å². The minimum atomic E-state index is -1.12. The normalized spacial score (nSPS) is 17.6. The number of pyridine rings is 1. The third-order valence-electron chi connectivity index (χ3n) is 15.5. The van der Waals surface area contributed by atoms with Gasteiger partial charge in [-0.2, -0.15) is 5.10 Å². The molecule has 1 unspecified atom stereocenters. The van der Waals surface area contributed by atoms with E-state index in [1.807, 2.05) is 103 Å². The van der Waals surface area contributed by atoms with Crippen LogP contribution in [0.3, 0.4) is 0 Å². The number of carboxylic acids is 1. The zero-order valence-electron chi connectivity index (χ0n) is 42.2. The number of carbonyl (C=O) groups excluding carboxylic acids is 4. The van der Waals surface area contributed by atoms with Gasteiger partial charge in [0.05, 0.1) is 40.5 Å². The quantitative estimate of drug-likeness (QED) is 0.0706. The van der Waals surface area contributed by atoms with Crippen LogP contribution in [-0.4, -0.2) is 123 Å². The van der Waals surface area contributed by atoms with Crippen LogP contribution >= 0.6 is 11.3 Å². The number of hydrogen-bond acceptors (Lipinski definition) is 13. The van der Waals surface area contributed by atoms with Gasteiger partial charge in [0, 0.05) is 74.9 Å². The van der Waals surface area contributed by atoms with Gasteiger partial charge in [-0.1, -0.05) is 47.7 Å². The minimum Gasteiger partial charge on any atom is -0.493 e. The number of para-hydroxylation sites is 1. The maximum absolute atomic E-state index is 13.7. The van der Waals surface area contributed by atoms with Crippen LogP contribution in [0.4, 0.5) is 16.6 Å². The van der Waals surface area contributed by atoms with Crippen molar-refractivity contribution in [3.05, 3.63) is 125 Å². The van der Waals surface area contributed by atoms with Gasteiger partial charge in [-0.05, 0) is 141 Å². The molecule has 18 heteroatoms. The molecule has 17 nitrogen and oxygen atoms in total. The van der Waals surface area contributed by atoms with E-state index >= 15 is 0 Å². The number of rotatable bonds is 14. The van der Waals surface area contributed by atoms with Gasteiger partial charge in [0.15, 0.2) is 10.8 Å². The number of ether oxygens (including phenoxy) is 1. The molecule has 75 heavy (non-hydrogen) atoms. The number of hydrogen-bond donors (Lipinski definition) is 3. The van der Waals surface area contributed by atoms with Crippen LogP contribution in [0.25, 0.3) is 32.2 Å². The number of likely N-dealkylation sites (tertiary alicyclic amines) is 1. The predicted octanol–water partition coefficient (Wildman–Crippen LogP) is 7.81. The molecule has 3 fully saturated rings. The summed E-state index contributed by atoms with van der Waals surface area (Å²) in [7, 11) is 1.88. The van der Waals surface area contributed by atoms with E-state index in [9.17, 15) is 29.1 Å². The number of benzene rings is 4. The summed E-state index contributed by atoms with van der Waals surface area (Å²) in [6.45, 7) is 8.47. The molecule has 3 saturated heterocycles. The summed E-state index contributed by atoms with van der Waals surface area (Å²) in [6, 6.07) is 29.1. The Morgan fingerprint density at radius 2 is 1.65 bits per heavy atom. The maximum atomic E-state index is 13.7. The van der Waals surface area contributed by atoms with Crippen LogP contribution in [0.1, 0.15) is 87.7 Å². The summed E-state index contributed by atoms with van der Waals surface area (Å²) in [6.07, 6.45) is 5.41. The van der Waals surface area contributed by atoms with Gasteiger partial charge in [-0.3, -0.25) is 39.4 Å². The zero-order chi connectivity index (χ0) is 51.7. The van der Waals surface area contributed by atoms with Gasteiger partial charge in [0.1, 0.15) is 11.6 Å². The predicted molar refractivity (Wildman–Crippen MR) is 289 cm³/mol. The SMILES string of the molecule is Cc1c(OCCCC2CCN(CC(=O)N3CCN(c4ccc5c(C6CCC(=O)NC6=O)nn(C)c5c4)CC3)CC2)cccc1-c1ccc(N2CCc3cccc(C(=O)Nc4nc5ccccc5s4)c3C2)nc1C(=O)O. The van der Waals surface area contributed by atoms with E-state index in [1.54, 1.807) is 4.68 Å². The Bertz CT molecular complexity index is 3320. The molecule has 7 aromatic rings. The Labute approximate surface area is 438 Å². The molecule has 0 saturated carbocycles. The van der Waals surface area contributed by atoms with E-state index in [0.717, 1.165) is 101 Å². The van der Waals surface area contributed by atoms with E-state index in [4.69, 9.17) is 9.72 Å². The Morgan fingerprint density at radius 1 is 0.840 bits per heavy atom. The highest BCUT2D eigenvalue weighted by molar-refractivity contribution is 7.22. The van der Waals surface area contributed by atoms with E-state index in [0.29, 0.717) is 98.0 Å². The van der Waals surface area contributed by atoms with E-state index < -0.39 is 11.9 Å². The average molecular weight is 1030 g/mol. The summed E-state index contributed by atoms with van der Waals surface area (Å²) >= 11 is 1.43. The highest BCUT2D eigenvalue weighted by Gasteiger charge is 2.33. The first kappa shape index (κ1) is 49.5. The first-order valence-corrected chi connectivity index (χ1v) is 26.8. The number of carbonyl (C=O) groups is 5. The number of aryl methyl sites for hydroxylation is 1. The Morgan fingerprint density at radius 3 is 2.45 bits per heavy atom. The number of piperidine rings is 2. The van der Waals surface area contributed by atoms with Gasteiger partial charge < -0.3 is 24.5 Å². The molecule has 3 aromatic heterocycles. The second-order valence-corrected chi connectivity index (χ2v) is 21.2. The molecule has 4 amide bonds. The number of amides is 4. The van der Waals surface area contributed by atoms with E-state index in [-0.39, 0.29) is 29.3 Å². The zero-order valence-corrected chi connectivity index (χ0v) is 43.0. The van der Waals surface area contributed by atoms with Crippen molar-refractivity contribution in [1.82, 2.24) is 34.9 Å². The Hall–Kier alpha value is -7.70. The summed E-state index contributed by atoms with van der Waals surface area (Å²) in [5.74, 6) is -0.374. The molecule has 0 bridgehead atoms. The van der Waals surface area contributed by atoms with Gasteiger partial charge in [-0.15, -0.1) is 0 Å². The van der Waals surface area contributed by atoms with Crippen molar-refractivity contribution in [2.24, 2.45) is 13.0 Å². The number of anilines is 3. The van der Waals surface area contributed by atoms with Crippen LogP contribution in [-0.2, 0) is 34.4 Å². The third kappa shape index (κ3) is 10.4. The molecule has 0 spiro atoms. The fourth-order valence-electron chi connectivity index (χ4n) is 11.3. The maximum Gasteiger partial charge on any atom is 0.355 e. The van der Waals surface area contributed by atoms with Crippen LogP contribution in [0.5, 0.6) is 5.75 Å². The molecule has 4 aliphatic heterocycles. The molecule has 3 N–H and O–H groups in total. The molecule has 1 atom stereocenters. The van der Waals surface area contributed by atoms with Crippen molar-refractivity contribution < 1.29 is 33.8 Å². The fraction of sp³-hybridized carbons (Fsp3) is 0.368. The number of nitrogens with one attached hydrogen (secondary N) is 2. The fourth-order valence-corrected chi connectivity index (χ4v) is 12.2. The first-order chi connectivity index (χ1) is 36.4. The van der Waals surface area contributed by atoms with Crippen LogP contribution < -0.4 is 25.2 Å². The molecule has 0 radical (unpaired) electrons. The van der Waals surface area contributed by atoms with Gasteiger partial charge >= 0.3 is 5.97 Å². The number of imide groups is 1. The first-order valence-electron chi connectivity index (χ1n) is 26.0. The number of carboxylic acid groups (broad SMARTS) is 1. The average Bonchev–Trinajstić information content (AvgIpc) is 3.99. The molecule has 11 rings (SSSR count). The van der Waals surface area contributed by atoms with Crippen molar-refractivity contribution >= 4 is 78.7 Å². The van der Waals surface area contributed by atoms with E-state index in [2.05, 4.69) is 42.6 Å². The molecule has 0 aliphatic carbocycles. The van der Waals surface area contributed by atoms with Gasteiger partial charge in [0.2, 0.25) is 17.7 Å². The summed E-state index contributed by atoms with van der Waals surface area (Å²) in [5.41, 5.74) is 8.10. The van der Waals surface area contributed by atoms with Crippen molar-refractivity contribution in [2.45, 2.75) is 64.3 Å². The highest BCUT2D eigenvalue weighted by Crippen LogP contribution is 2.36. The Kier molecular flexibility index (Phi) is 14.0. The summed E-state index contributed by atoms with van der Waals surface area (Å²) in [5, 5.41) is 22.1. The largest absolute Gasteiger partial charge is 0.493 e. The smallest absolute Gasteiger partial charge is 0.355 e. The van der Waals surface area contributed by atoms with Gasteiger partial charge in [0.25, 0.3) is 5.91 Å². The topological polar surface area (TPSA) is 195 Å². The third-order valence-corrected chi connectivity index (χ3v) is 16.5. The monoisotopic (exact) mass is 1030 g/mol.